The topological polar surface area (TPSA) is 24.9 Å². The summed E-state index contributed by atoms with van der Waals surface area (Å²) < 4.78 is 39.2. The molecule has 2 nitrogen and oxygen atoms in total. The zero-order chi connectivity index (χ0) is 15.5. The number of rotatable bonds is 4. The van der Waals surface area contributed by atoms with Crippen molar-refractivity contribution >= 4 is 0 Å². The Morgan fingerprint density at radius 1 is 1.14 bits per heavy atom. The first kappa shape index (κ1) is 15.5. The SMILES string of the molecule is CNC(Cc1ccc(C)cc1)c1cnccc1C(F)(F)F. The van der Waals surface area contributed by atoms with Crippen molar-refractivity contribution in [3.8, 4) is 0 Å². The summed E-state index contributed by atoms with van der Waals surface area (Å²) in [6.45, 7) is 1.97. The van der Waals surface area contributed by atoms with Crippen LogP contribution in [0.3, 0.4) is 0 Å². The summed E-state index contributed by atoms with van der Waals surface area (Å²) in [7, 11) is 1.66. The molecule has 0 bridgehead atoms. The van der Waals surface area contributed by atoms with Crippen LogP contribution in [0.1, 0.15) is 28.3 Å². The number of benzene rings is 1. The molecular weight excluding hydrogens is 277 g/mol. The largest absolute Gasteiger partial charge is 0.416 e. The molecule has 1 atom stereocenters. The highest BCUT2D eigenvalue weighted by Gasteiger charge is 2.35. The van der Waals surface area contributed by atoms with Crippen LogP contribution >= 0.6 is 0 Å². The number of aromatic nitrogens is 1. The van der Waals surface area contributed by atoms with Gasteiger partial charge in [0, 0.05) is 18.4 Å². The van der Waals surface area contributed by atoms with Gasteiger partial charge in [0.15, 0.2) is 0 Å². The summed E-state index contributed by atoms with van der Waals surface area (Å²) in [5.74, 6) is 0. The summed E-state index contributed by atoms with van der Waals surface area (Å²) in [5.41, 5.74) is 1.64. The van der Waals surface area contributed by atoms with Crippen LogP contribution in [0.5, 0.6) is 0 Å². The number of halogens is 3. The standard InChI is InChI=1S/C16H17F3N2/c1-11-3-5-12(6-4-11)9-15(20-2)13-10-21-8-7-14(13)16(17,18)19/h3-8,10,15,20H,9H2,1-2H3. The van der Waals surface area contributed by atoms with E-state index in [1.807, 2.05) is 31.2 Å². The maximum Gasteiger partial charge on any atom is 0.416 e. The molecule has 5 heteroatoms. The Kier molecular flexibility index (Phi) is 4.63. The third-order valence-electron chi connectivity index (χ3n) is 3.44. The summed E-state index contributed by atoms with van der Waals surface area (Å²) in [6.07, 6.45) is -1.44. The monoisotopic (exact) mass is 294 g/mol. The predicted molar refractivity (Wildman–Crippen MR) is 75.9 cm³/mol. The molecule has 0 fully saturated rings. The minimum atomic E-state index is -4.37. The van der Waals surface area contributed by atoms with Gasteiger partial charge < -0.3 is 5.32 Å². The second-order valence-electron chi connectivity index (χ2n) is 4.99. The van der Waals surface area contributed by atoms with Gasteiger partial charge in [0.25, 0.3) is 0 Å². The molecule has 0 amide bonds. The lowest BCUT2D eigenvalue weighted by molar-refractivity contribution is -0.138. The number of likely N-dealkylation sites (N-methyl/N-ethyl adjacent to an activating group) is 1. The zero-order valence-corrected chi connectivity index (χ0v) is 11.9. The predicted octanol–water partition coefficient (Wildman–Crippen LogP) is 3.91. The van der Waals surface area contributed by atoms with E-state index in [0.717, 1.165) is 17.2 Å². The van der Waals surface area contributed by atoms with Crippen LogP contribution in [0.15, 0.2) is 42.7 Å². The van der Waals surface area contributed by atoms with E-state index in [1.54, 1.807) is 7.05 Å². The van der Waals surface area contributed by atoms with Crippen LogP contribution in [-0.2, 0) is 12.6 Å². The van der Waals surface area contributed by atoms with E-state index in [0.29, 0.717) is 6.42 Å². The van der Waals surface area contributed by atoms with Gasteiger partial charge in [0.1, 0.15) is 0 Å². The maximum atomic E-state index is 13.1. The fourth-order valence-electron chi connectivity index (χ4n) is 2.27. The molecule has 0 aliphatic heterocycles. The third-order valence-corrected chi connectivity index (χ3v) is 3.44. The normalized spacial score (nSPS) is 13.2. The number of pyridine rings is 1. The quantitative estimate of drug-likeness (QED) is 0.924. The molecule has 21 heavy (non-hydrogen) atoms. The van der Waals surface area contributed by atoms with Gasteiger partial charge >= 0.3 is 6.18 Å². The van der Waals surface area contributed by atoms with E-state index in [1.165, 1.54) is 12.4 Å². The summed E-state index contributed by atoms with van der Waals surface area (Å²) >= 11 is 0. The Labute approximate surface area is 122 Å². The molecule has 1 aromatic heterocycles. The van der Waals surface area contributed by atoms with Crippen LogP contribution in [0.4, 0.5) is 13.2 Å². The fourth-order valence-corrected chi connectivity index (χ4v) is 2.27. The van der Waals surface area contributed by atoms with Crippen LogP contribution in [0.25, 0.3) is 0 Å². The van der Waals surface area contributed by atoms with Crippen LogP contribution in [0, 0.1) is 6.92 Å². The smallest absolute Gasteiger partial charge is 0.313 e. The second kappa shape index (κ2) is 6.26. The minimum Gasteiger partial charge on any atom is -0.313 e. The van der Waals surface area contributed by atoms with Gasteiger partial charge in [0.2, 0.25) is 0 Å². The van der Waals surface area contributed by atoms with Gasteiger partial charge in [-0.05, 0) is 37.6 Å². The molecular formula is C16H17F3N2. The molecule has 0 aliphatic carbocycles. The van der Waals surface area contributed by atoms with Crippen molar-refractivity contribution in [2.45, 2.75) is 25.6 Å². The molecule has 2 rings (SSSR count). The van der Waals surface area contributed by atoms with Crippen molar-refractivity contribution in [3.05, 3.63) is 65.0 Å². The highest BCUT2D eigenvalue weighted by atomic mass is 19.4. The van der Waals surface area contributed by atoms with Crippen LogP contribution < -0.4 is 5.32 Å². The number of nitrogens with one attached hydrogen (secondary N) is 1. The number of nitrogens with zero attached hydrogens (tertiary/aromatic N) is 1. The molecule has 1 N–H and O–H groups in total. The van der Waals surface area contributed by atoms with Crippen molar-refractivity contribution in [3.63, 3.8) is 0 Å². The highest BCUT2D eigenvalue weighted by molar-refractivity contribution is 5.31. The van der Waals surface area contributed by atoms with E-state index in [2.05, 4.69) is 10.3 Å². The van der Waals surface area contributed by atoms with Gasteiger partial charge in [-0.1, -0.05) is 29.8 Å². The molecule has 1 heterocycles. The summed E-state index contributed by atoms with van der Waals surface area (Å²) in [5, 5.41) is 2.95. The molecule has 0 spiro atoms. The van der Waals surface area contributed by atoms with Crippen LogP contribution in [-0.4, -0.2) is 12.0 Å². The van der Waals surface area contributed by atoms with Crippen LogP contribution in [0.2, 0.25) is 0 Å². The molecule has 1 unspecified atom stereocenters. The van der Waals surface area contributed by atoms with Gasteiger partial charge in [-0.2, -0.15) is 13.2 Å². The molecule has 112 valence electrons. The highest BCUT2D eigenvalue weighted by Crippen LogP contribution is 2.34. The second-order valence-corrected chi connectivity index (χ2v) is 4.99. The molecule has 0 aliphatic rings. The summed E-state index contributed by atoms with van der Waals surface area (Å²) in [6, 6.07) is 8.37. The summed E-state index contributed by atoms with van der Waals surface area (Å²) in [4.78, 5) is 3.84. The van der Waals surface area contributed by atoms with Crippen molar-refractivity contribution in [2.24, 2.45) is 0 Å². The Bertz CT molecular complexity index is 591. The lowest BCUT2D eigenvalue weighted by Crippen LogP contribution is -2.23. The Balaban J connectivity index is 2.32. The molecule has 0 saturated heterocycles. The van der Waals surface area contributed by atoms with Crippen molar-refractivity contribution in [2.75, 3.05) is 7.05 Å². The Morgan fingerprint density at radius 3 is 2.38 bits per heavy atom. The van der Waals surface area contributed by atoms with E-state index in [4.69, 9.17) is 0 Å². The van der Waals surface area contributed by atoms with Crippen molar-refractivity contribution in [1.29, 1.82) is 0 Å². The Hall–Kier alpha value is -1.88. The first-order valence-corrected chi connectivity index (χ1v) is 6.65. The van der Waals surface area contributed by atoms with Crippen molar-refractivity contribution < 1.29 is 13.2 Å². The number of hydrogen-bond acceptors (Lipinski definition) is 2. The molecule has 0 radical (unpaired) electrons. The first-order chi connectivity index (χ1) is 9.91. The lowest BCUT2D eigenvalue weighted by Gasteiger charge is -2.21. The number of aryl methyl sites for hydroxylation is 1. The van der Waals surface area contributed by atoms with Gasteiger partial charge in [-0.15, -0.1) is 0 Å². The van der Waals surface area contributed by atoms with Gasteiger partial charge in [0.05, 0.1) is 5.56 Å². The van der Waals surface area contributed by atoms with E-state index in [-0.39, 0.29) is 5.56 Å². The first-order valence-electron chi connectivity index (χ1n) is 6.65. The average molecular weight is 294 g/mol. The van der Waals surface area contributed by atoms with Gasteiger partial charge in [-0.3, -0.25) is 4.98 Å². The number of hydrogen-bond donors (Lipinski definition) is 1. The number of alkyl halides is 3. The van der Waals surface area contributed by atoms with E-state index >= 15 is 0 Å². The average Bonchev–Trinajstić information content (AvgIpc) is 2.46. The van der Waals surface area contributed by atoms with Gasteiger partial charge in [-0.25, -0.2) is 0 Å². The molecule has 0 saturated carbocycles. The maximum absolute atomic E-state index is 13.1. The zero-order valence-electron chi connectivity index (χ0n) is 11.9. The fraction of sp³-hybridized carbons (Fsp3) is 0.312. The molecule has 2 aromatic rings. The minimum absolute atomic E-state index is 0.174. The van der Waals surface area contributed by atoms with E-state index in [9.17, 15) is 13.2 Å². The Morgan fingerprint density at radius 2 is 1.81 bits per heavy atom. The van der Waals surface area contributed by atoms with Crippen molar-refractivity contribution in [1.82, 2.24) is 10.3 Å². The molecule has 1 aromatic carbocycles. The lowest BCUT2D eigenvalue weighted by atomic mass is 9.96. The van der Waals surface area contributed by atoms with E-state index < -0.39 is 17.8 Å². The third kappa shape index (κ3) is 3.82.